The molecule has 0 atom stereocenters. The highest BCUT2D eigenvalue weighted by molar-refractivity contribution is 6.22. The first-order chi connectivity index (χ1) is 13.6. The minimum atomic E-state index is -0.482. The number of hydrogen-bond donors (Lipinski definition) is 1. The number of imide groups is 1. The fourth-order valence-electron chi connectivity index (χ4n) is 3.09. The summed E-state index contributed by atoms with van der Waals surface area (Å²) in [6.07, 6.45) is 1.47. The van der Waals surface area contributed by atoms with Gasteiger partial charge < -0.3 is 14.6 Å². The molecular formula is C21H23N3O5. The molecule has 0 saturated heterocycles. The Kier molecular flexibility index (Phi) is 5.28. The lowest BCUT2D eigenvalue weighted by Crippen LogP contribution is -2.46. The summed E-state index contributed by atoms with van der Waals surface area (Å²) < 4.78 is 5.21. The highest BCUT2D eigenvalue weighted by Crippen LogP contribution is 2.26. The van der Waals surface area contributed by atoms with E-state index >= 15 is 0 Å². The van der Waals surface area contributed by atoms with E-state index in [0.29, 0.717) is 5.76 Å². The monoisotopic (exact) mass is 397 g/mol. The number of nitrogens with one attached hydrogen (secondary N) is 1. The van der Waals surface area contributed by atoms with Gasteiger partial charge in [0.25, 0.3) is 17.7 Å². The van der Waals surface area contributed by atoms with Gasteiger partial charge in [-0.15, -0.1) is 0 Å². The van der Waals surface area contributed by atoms with Gasteiger partial charge in [0.1, 0.15) is 5.76 Å². The lowest BCUT2D eigenvalue weighted by molar-refractivity contribution is -0.122. The van der Waals surface area contributed by atoms with Crippen LogP contribution in [0.25, 0.3) is 0 Å². The Bertz CT molecular complexity index is 973. The Morgan fingerprint density at radius 1 is 1.10 bits per heavy atom. The second-order valence-electron chi connectivity index (χ2n) is 8.00. The molecule has 0 unspecified atom stereocenters. The van der Waals surface area contributed by atoms with Crippen LogP contribution in [0.2, 0.25) is 0 Å². The second-order valence-corrected chi connectivity index (χ2v) is 8.00. The molecule has 0 fully saturated rings. The normalized spacial score (nSPS) is 13.4. The van der Waals surface area contributed by atoms with Crippen LogP contribution in [0.4, 0.5) is 0 Å². The van der Waals surface area contributed by atoms with Crippen LogP contribution in [-0.4, -0.2) is 52.6 Å². The highest BCUT2D eigenvalue weighted by atomic mass is 16.3. The third-order valence-corrected chi connectivity index (χ3v) is 4.35. The standard InChI is InChI=1S/C21H23N3O5/c1-21(2,3)22-17(25)12-23(4)18(26)13-7-8-15-16(10-13)20(28)24(19(15)27)11-14-6-5-9-29-14/h5-10H,11-12H2,1-4H3,(H,22,25). The number of hydrogen-bond acceptors (Lipinski definition) is 5. The van der Waals surface area contributed by atoms with E-state index in [-0.39, 0.29) is 35.7 Å². The van der Waals surface area contributed by atoms with Gasteiger partial charge in [0.15, 0.2) is 0 Å². The Morgan fingerprint density at radius 3 is 2.41 bits per heavy atom. The van der Waals surface area contributed by atoms with E-state index < -0.39 is 23.3 Å². The van der Waals surface area contributed by atoms with E-state index in [1.54, 1.807) is 12.1 Å². The summed E-state index contributed by atoms with van der Waals surface area (Å²) in [6.45, 7) is 5.46. The van der Waals surface area contributed by atoms with Crippen LogP contribution >= 0.6 is 0 Å². The first-order valence-electron chi connectivity index (χ1n) is 9.16. The van der Waals surface area contributed by atoms with Crippen LogP contribution < -0.4 is 5.32 Å². The third kappa shape index (κ3) is 4.37. The minimum absolute atomic E-state index is 0.0233. The molecule has 1 aliphatic rings. The smallest absolute Gasteiger partial charge is 0.261 e. The van der Waals surface area contributed by atoms with Crippen molar-refractivity contribution < 1.29 is 23.6 Å². The zero-order valence-corrected chi connectivity index (χ0v) is 16.8. The Hall–Kier alpha value is -3.42. The maximum absolute atomic E-state index is 12.7. The molecule has 29 heavy (non-hydrogen) atoms. The number of carbonyl (C=O) groups is 4. The summed E-state index contributed by atoms with van der Waals surface area (Å²) in [6, 6.07) is 7.71. The lowest BCUT2D eigenvalue weighted by Gasteiger charge is -2.23. The number of carbonyl (C=O) groups excluding carboxylic acids is 4. The number of fused-ring (bicyclic) bond motifs is 1. The number of rotatable bonds is 5. The Balaban J connectivity index is 1.75. The van der Waals surface area contributed by atoms with Gasteiger partial charge in [-0.2, -0.15) is 0 Å². The van der Waals surface area contributed by atoms with Crippen LogP contribution in [0.1, 0.15) is 57.6 Å². The Morgan fingerprint density at radius 2 is 1.79 bits per heavy atom. The Labute approximate surface area is 168 Å². The minimum Gasteiger partial charge on any atom is -0.467 e. The van der Waals surface area contributed by atoms with Gasteiger partial charge in [-0.05, 0) is 51.1 Å². The van der Waals surface area contributed by atoms with E-state index in [1.165, 1.54) is 36.4 Å². The van der Waals surface area contributed by atoms with Crippen molar-refractivity contribution in [2.75, 3.05) is 13.6 Å². The number of likely N-dealkylation sites (N-methyl/N-ethyl adjacent to an activating group) is 1. The molecule has 1 aromatic carbocycles. The molecular weight excluding hydrogens is 374 g/mol. The maximum Gasteiger partial charge on any atom is 0.261 e. The van der Waals surface area contributed by atoms with Crippen molar-refractivity contribution in [2.24, 2.45) is 0 Å². The summed E-state index contributed by atoms with van der Waals surface area (Å²) in [5.74, 6) is -1.13. The molecule has 1 N–H and O–H groups in total. The maximum atomic E-state index is 12.7. The van der Waals surface area contributed by atoms with Gasteiger partial charge in [-0.1, -0.05) is 0 Å². The quantitative estimate of drug-likeness (QED) is 0.779. The predicted octanol–water partition coefficient (Wildman–Crippen LogP) is 2.06. The van der Waals surface area contributed by atoms with E-state index in [1.807, 2.05) is 20.8 Å². The van der Waals surface area contributed by atoms with E-state index in [4.69, 9.17) is 4.42 Å². The highest BCUT2D eigenvalue weighted by Gasteiger charge is 2.36. The number of amides is 4. The van der Waals surface area contributed by atoms with E-state index in [0.717, 1.165) is 4.90 Å². The molecule has 152 valence electrons. The fourth-order valence-corrected chi connectivity index (χ4v) is 3.09. The van der Waals surface area contributed by atoms with Crippen molar-refractivity contribution >= 4 is 23.6 Å². The van der Waals surface area contributed by atoms with Crippen molar-refractivity contribution in [3.63, 3.8) is 0 Å². The second kappa shape index (κ2) is 7.54. The first kappa shape index (κ1) is 20.3. The van der Waals surface area contributed by atoms with Crippen molar-refractivity contribution in [1.82, 2.24) is 15.1 Å². The molecule has 8 heteroatoms. The van der Waals surface area contributed by atoms with Gasteiger partial charge in [0.2, 0.25) is 5.91 Å². The summed E-state index contributed by atoms with van der Waals surface area (Å²) in [7, 11) is 1.51. The summed E-state index contributed by atoms with van der Waals surface area (Å²) in [4.78, 5) is 52.3. The predicted molar refractivity (Wildman–Crippen MR) is 104 cm³/mol. The van der Waals surface area contributed by atoms with Gasteiger partial charge in [-0.25, -0.2) is 0 Å². The molecule has 8 nitrogen and oxygen atoms in total. The molecule has 0 bridgehead atoms. The molecule has 4 amide bonds. The van der Waals surface area contributed by atoms with Crippen molar-refractivity contribution in [3.8, 4) is 0 Å². The molecule has 0 spiro atoms. The molecule has 3 rings (SSSR count). The molecule has 1 aliphatic heterocycles. The molecule has 0 aliphatic carbocycles. The molecule has 2 aromatic rings. The lowest BCUT2D eigenvalue weighted by atomic mass is 10.0. The van der Waals surface area contributed by atoms with Gasteiger partial charge in [0, 0.05) is 18.2 Å². The van der Waals surface area contributed by atoms with E-state index in [9.17, 15) is 19.2 Å². The topological polar surface area (TPSA) is 99.9 Å². The van der Waals surface area contributed by atoms with Crippen LogP contribution in [-0.2, 0) is 11.3 Å². The van der Waals surface area contributed by atoms with E-state index in [2.05, 4.69) is 5.32 Å². The third-order valence-electron chi connectivity index (χ3n) is 4.35. The SMILES string of the molecule is CN(CC(=O)NC(C)(C)C)C(=O)c1ccc2c(c1)C(=O)N(Cc1ccco1)C2=O. The van der Waals surface area contributed by atoms with Gasteiger partial charge in [0.05, 0.1) is 30.5 Å². The van der Waals surface area contributed by atoms with Crippen LogP contribution in [0.3, 0.4) is 0 Å². The average molecular weight is 397 g/mol. The molecule has 1 aromatic heterocycles. The van der Waals surface area contributed by atoms with Gasteiger partial charge >= 0.3 is 0 Å². The molecule has 0 saturated carbocycles. The average Bonchev–Trinajstić information content (AvgIpc) is 3.22. The van der Waals surface area contributed by atoms with Crippen molar-refractivity contribution in [1.29, 1.82) is 0 Å². The van der Waals surface area contributed by atoms with Crippen LogP contribution in [0.5, 0.6) is 0 Å². The van der Waals surface area contributed by atoms with Crippen LogP contribution in [0.15, 0.2) is 41.0 Å². The van der Waals surface area contributed by atoms with Crippen molar-refractivity contribution in [3.05, 3.63) is 59.0 Å². The summed E-state index contributed by atoms with van der Waals surface area (Å²) in [5, 5.41) is 2.79. The molecule has 2 heterocycles. The summed E-state index contributed by atoms with van der Waals surface area (Å²) in [5.41, 5.74) is 0.237. The zero-order chi connectivity index (χ0) is 21.3. The largest absolute Gasteiger partial charge is 0.467 e. The van der Waals surface area contributed by atoms with Crippen molar-refractivity contribution in [2.45, 2.75) is 32.9 Å². The number of benzene rings is 1. The van der Waals surface area contributed by atoms with Crippen LogP contribution in [0, 0.1) is 0 Å². The fraction of sp³-hybridized carbons (Fsp3) is 0.333. The number of furan rings is 1. The number of nitrogens with zero attached hydrogens (tertiary/aromatic N) is 2. The summed E-state index contributed by atoms with van der Waals surface area (Å²) >= 11 is 0. The zero-order valence-electron chi connectivity index (χ0n) is 16.8. The van der Waals surface area contributed by atoms with Gasteiger partial charge in [-0.3, -0.25) is 24.1 Å². The molecule has 0 radical (unpaired) electrons. The first-order valence-corrected chi connectivity index (χ1v) is 9.16.